The number of anilines is 1. The predicted octanol–water partition coefficient (Wildman–Crippen LogP) is 0.815. The van der Waals surface area contributed by atoms with Gasteiger partial charge in [0.1, 0.15) is 6.17 Å². The first kappa shape index (κ1) is 13.1. The van der Waals surface area contributed by atoms with Crippen LogP contribution in [0.3, 0.4) is 0 Å². The fraction of sp³-hybridized carbons (Fsp3) is 0.133. The molecule has 2 amide bonds. The highest BCUT2D eigenvalue weighted by Gasteiger charge is 2.32. The summed E-state index contributed by atoms with van der Waals surface area (Å²) in [7, 11) is 0. The maximum Gasteiger partial charge on any atom is 0.255 e. The van der Waals surface area contributed by atoms with Gasteiger partial charge in [0.05, 0.1) is 23.5 Å². The summed E-state index contributed by atoms with van der Waals surface area (Å²) in [6.45, 7) is -0.00145. The standard InChI is InChI=1S/C15H14N4O2/c16-13(20)9-19-12-7-2-1-5-10(12)15(21)18-14(19)11-6-3-4-8-17-11/h1-8,14H,9H2,(H2,16,20)(H,18,21)/t14-/m0/s1. The summed E-state index contributed by atoms with van der Waals surface area (Å²) in [6, 6.07) is 12.5. The Bertz CT molecular complexity index is 687. The normalized spacial score (nSPS) is 17.0. The van der Waals surface area contributed by atoms with Gasteiger partial charge in [0.2, 0.25) is 5.91 Å². The Hall–Kier alpha value is -2.89. The number of nitrogens with one attached hydrogen (secondary N) is 1. The van der Waals surface area contributed by atoms with Crippen LogP contribution in [0.1, 0.15) is 22.2 Å². The third-order valence-corrected chi connectivity index (χ3v) is 3.33. The minimum absolute atomic E-state index is 0.00145. The third-order valence-electron chi connectivity index (χ3n) is 3.33. The van der Waals surface area contributed by atoms with Crippen LogP contribution in [0.25, 0.3) is 0 Å². The van der Waals surface area contributed by atoms with E-state index in [0.717, 1.165) is 0 Å². The molecule has 6 nitrogen and oxygen atoms in total. The molecule has 0 saturated heterocycles. The molecule has 0 saturated carbocycles. The number of para-hydroxylation sites is 1. The number of amides is 2. The smallest absolute Gasteiger partial charge is 0.255 e. The van der Waals surface area contributed by atoms with Crippen LogP contribution in [0.15, 0.2) is 48.7 Å². The van der Waals surface area contributed by atoms with Gasteiger partial charge in [-0.1, -0.05) is 18.2 Å². The molecule has 0 bridgehead atoms. The van der Waals surface area contributed by atoms with E-state index in [9.17, 15) is 9.59 Å². The van der Waals surface area contributed by atoms with E-state index in [1.54, 1.807) is 41.4 Å². The number of hydrogen-bond donors (Lipinski definition) is 2. The van der Waals surface area contributed by atoms with Gasteiger partial charge in [0.15, 0.2) is 0 Å². The van der Waals surface area contributed by atoms with E-state index in [0.29, 0.717) is 16.9 Å². The lowest BCUT2D eigenvalue weighted by atomic mass is 10.1. The summed E-state index contributed by atoms with van der Waals surface area (Å²) in [5, 5.41) is 2.86. The maximum atomic E-state index is 12.2. The third kappa shape index (κ3) is 2.43. The number of pyridine rings is 1. The molecule has 3 rings (SSSR count). The monoisotopic (exact) mass is 282 g/mol. The second kappa shape index (κ2) is 5.24. The second-order valence-electron chi connectivity index (χ2n) is 4.74. The van der Waals surface area contributed by atoms with Crippen molar-refractivity contribution in [2.75, 3.05) is 11.4 Å². The van der Waals surface area contributed by atoms with Crippen molar-refractivity contribution in [3.8, 4) is 0 Å². The zero-order valence-electron chi connectivity index (χ0n) is 11.2. The van der Waals surface area contributed by atoms with Gasteiger partial charge >= 0.3 is 0 Å². The molecule has 0 radical (unpaired) electrons. The number of aromatic nitrogens is 1. The minimum atomic E-state index is -0.513. The largest absolute Gasteiger partial charge is 0.368 e. The topological polar surface area (TPSA) is 88.3 Å². The molecule has 1 atom stereocenters. The van der Waals surface area contributed by atoms with Crippen molar-refractivity contribution in [2.45, 2.75) is 6.17 Å². The zero-order valence-corrected chi connectivity index (χ0v) is 11.2. The lowest BCUT2D eigenvalue weighted by Crippen LogP contribution is -2.49. The van der Waals surface area contributed by atoms with E-state index in [1.807, 2.05) is 12.1 Å². The predicted molar refractivity (Wildman–Crippen MR) is 77.4 cm³/mol. The van der Waals surface area contributed by atoms with Gasteiger partial charge in [0.25, 0.3) is 5.91 Å². The summed E-state index contributed by atoms with van der Waals surface area (Å²) in [5.41, 5.74) is 7.19. The fourth-order valence-electron chi connectivity index (χ4n) is 2.45. The molecular formula is C15H14N4O2. The average molecular weight is 282 g/mol. The molecule has 0 aliphatic carbocycles. The van der Waals surface area contributed by atoms with Crippen LogP contribution in [-0.2, 0) is 4.79 Å². The van der Waals surface area contributed by atoms with Crippen LogP contribution in [0.5, 0.6) is 0 Å². The van der Waals surface area contributed by atoms with Gasteiger partial charge in [-0.15, -0.1) is 0 Å². The first-order valence-electron chi connectivity index (χ1n) is 6.52. The molecule has 106 valence electrons. The van der Waals surface area contributed by atoms with Crippen LogP contribution < -0.4 is 16.0 Å². The Morgan fingerprint density at radius 3 is 2.71 bits per heavy atom. The molecule has 21 heavy (non-hydrogen) atoms. The van der Waals surface area contributed by atoms with Gasteiger partial charge in [-0.2, -0.15) is 0 Å². The van der Waals surface area contributed by atoms with Gasteiger partial charge in [0, 0.05) is 6.20 Å². The van der Waals surface area contributed by atoms with E-state index in [4.69, 9.17) is 5.73 Å². The van der Waals surface area contributed by atoms with E-state index in [1.165, 1.54) is 0 Å². The van der Waals surface area contributed by atoms with Gasteiger partial charge in [-0.05, 0) is 24.3 Å². The summed E-state index contributed by atoms with van der Waals surface area (Å²) in [5.74, 6) is -0.663. The van der Waals surface area contributed by atoms with Crippen molar-refractivity contribution < 1.29 is 9.59 Å². The van der Waals surface area contributed by atoms with Crippen LogP contribution in [0, 0.1) is 0 Å². The van der Waals surface area contributed by atoms with Crippen molar-refractivity contribution in [3.05, 3.63) is 59.9 Å². The molecule has 1 aromatic carbocycles. The second-order valence-corrected chi connectivity index (χ2v) is 4.74. The number of rotatable bonds is 3. The van der Waals surface area contributed by atoms with Crippen LogP contribution in [-0.4, -0.2) is 23.3 Å². The number of primary amides is 1. The molecule has 1 aliphatic rings. The summed E-state index contributed by atoms with van der Waals surface area (Å²) in [4.78, 5) is 29.6. The number of fused-ring (bicyclic) bond motifs is 1. The van der Waals surface area contributed by atoms with E-state index < -0.39 is 12.1 Å². The van der Waals surface area contributed by atoms with E-state index >= 15 is 0 Å². The number of hydrogen-bond acceptors (Lipinski definition) is 4. The first-order chi connectivity index (χ1) is 10.2. The average Bonchev–Trinajstić information content (AvgIpc) is 2.50. The molecule has 0 spiro atoms. The van der Waals surface area contributed by atoms with Crippen molar-refractivity contribution >= 4 is 17.5 Å². The number of nitrogens with two attached hydrogens (primary N) is 1. The summed E-state index contributed by atoms with van der Waals surface area (Å²) in [6.07, 6.45) is 1.13. The van der Waals surface area contributed by atoms with Crippen LogP contribution in [0.2, 0.25) is 0 Å². The molecule has 0 fully saturated rings. The Morgan fingerprint density at radius 2 is 2.00 bits per heavy atom. The lowest BCUT2D eigenvalue weighted by molar-refractivity contribution is -0.116. The molecular weight excluding hydrogens is 268 g/mol. The zero-order chi connectivity index (χ0) is 14.8. The van der Waals surface area contributed by atoms with Crippen molar-refractivity contribution in [2.24, 2.45) is 5.73 Å². The molecule has 3 N–H and O–H groups in total. The quantitative estimate of drug-likeness (QED) is 0.872. The van der Waals surface area contributed by atoms with Gasteiger partial charge < -0.3 is 16.0 Å². The molecule has 2 aromatic rings. The maximum absolute atomic E-state index is 12.2. The first-order valence-corrected chi connectivity index (χ1v) is 6.52. The fourth-order valence-corrected chi connectivity index (χ4v) is 2.45. The number of carbonyl (C=O) groups excluding carboxylic acids is 2. The molecule has 1 aromatic heterocycles. The van der Waals surface area contributed by atoms with Crippen LogP contribution in [0.4, 0.5) is 5.69 Å². The van der Waals surface area contributed by atoms with E-state index in [-0.39, 0.29) is 12.5 Å². The number of nitrogens with zero attached hydrogens (tertiary/aromatic N) is 2. The molecule has 6 heteroatoms. The highest BCUT2D eigenvalue weighted by atomic mass is 16.2. The summed E-state index contributed by atoms with van der Waals surface area (Å²) < 4.78 is 0. The highest BCUT2D eigenvalue weighted by molar-refractivity contribution is 6.02. The lowest BCUT2D eigenvalue weighted by Gasteiger charge is -2.37. The number of benzene rings is 1. The Balaban J connectivity index is 2.08. The highest BCUT2D eigenvalue weighted by Crippen LogP contribution is 2.31. The summed E-state index contributed by atoms with van der Waals surface area (Å²) >= 11 is 0. The van der Waals surface area contributed by atoms with Crippen molar-refractivity contribution in [1.82, 2.24) is 10.3 Å². The Kier molecular flexibility index (Phi) is 3.27. The SMILES string of the molecule is NC(=O)CN1c2ccccc2C(=O)N[C@@H]1c1ccccn1. The van der Waals surface area contributed by atoms with Crippen molar-refractivity contribution in [1.29, 1.82) is 0 Å². The molecule has 1 aliphatic heterocycles. The molecule has 0 unspecified atom stereocenters. The minimum Gasteiger partial charge on any atom is -0.368 e. The Morgan fingerprint density at radius 1 is 1.24 bits per heavy atom. The van der Waals surface area contributed by atoms with Gasteiger partial charge in [-0.3, -0.25) is 14.6 Å². The molecule has 2 heterocycles. The van der Waals surface area contributed by atoms with Crippen LogP contribution >= 0.6 is 0 Å². The van der Waals surface area contributed by atoms with Gasteiger partial charge in [-0.25, -0.2) is 0 Å². The Labute approximate surface area is 121 Å². The van der Waals surface area contributed by atoms with E-state index in [2.05, 4.69) is 10.3 Å². The van der Waals surface area contributed by atoms with Crippen molar-refractivity contribution in [3.63, 3.8) is 0 Å². The number of carbonyl (C=O) groups is 2.